The predicted octanol–water partition coefficient (Wildman–Crippen LogP) is 2.54. The van der Waals surface area contributed by atoms with Gasteiger partial charge < -0.3 is 25.9 Å². The average molecular weight is 378 g/mol. The van der Waals surface area contributed by atoms with E-state index in [9.17, 15) is 9.18 Å². The second-order valence-corrected chi connectivity index (χ2v) is 5.47. The van der Waals surface area contributed by atoms with Crippen LogP contribution in [0.15, 0.2) is 45.8 Å². The van der Waals surface area contributed by atoms with Gasteiger partial charge in [-0.1, -0.05) is 23.7 Å². The van der Waals surface area contributed by atoms with E-state index < -0.39 is 18.3 Å². The normalized spacial score (nSPS) is 10.5. The van der Waals surface area contributed by atoms with Crippen LogP contribution < -0.4 is 21.5 Å². The standard InChI is InChI=1S/C16H13ClFN5O3/c17-8-3-1-2-4-9(8)22-16-23-10-5-6-11(13(18)14(10)26-16)25-12(24)7-21-15(19)20/h1-6H,7H2,(H,22,23)(H4,19,20,21). The van der Waals surface area contributed by atoms with Crippen LogP contribution in [0.2, 0.25) is 5.02 Å². The van der Waals surface area contributed by atoms with Crippen LogP contribution in [0.3, 0.4) is 0 Å². The van der Waals surface area contributed by atoms with Gasteiger partial charge in [0.25, 0.3) is 6.01 Å². The number of esters is 1. The molecule has 26 heavy (non-hydrogen) atoms. The smallest absolute Gasteiger partial charge is 0.333 e. The van der Waals surface area contributed by atoms with E-state index in [1.165, 1.54) is 12.1 Å². The van der Waals surface area contributed by atoms with E-state index >= 15 is 0 Å². The molecule has 0 atom stereocenters. The van der Waals surface area contributed by atoms with E-state index in [0.717, 1.165) is 0 Å². The molecule has 0 aliphatic rings. The number of rotatable bonds is 5. The number of aliphatic imine (C=N–C) groups is 1. The van der Waals surface area contributed by atoms with Crippen molar-refractivity contribution in [3.05, 3.63) is 47.2 Å². The lowest BCUT2D eigenvalue weighted by molar-refractivity contribution is -0.132. The lowest BCUT2D eigenvalue weighted by atomic mass is 10.3. The van der Waals surface area contributed by atoms with Gasteiger partial charge >= 0.3 is 5.97 Å². The van der Waals surface area contributed by atoms with Crippen LogP contribution in [0.5, 0.6) is 5.75 Å². The summed E-state index contributed by atoms with van der Waals surface area (Å²) in [5.74, 6) is -2.30. The highest BCUT2D eigenvalue weighted by Gasteiger charge is 2.18. The summed E-state index contributed by atoms with van der Waals surface area (Å²) in [5, 5.41) is 3.30. The number of carbonyl (C=O) groups excluding carboxylic acids is 1. The number of ether oxygens (including phenoxy) is 1. The second kappa shape index (κ2) is 7.28. The van der Waals surface area contributed by atoms with Crippen LogP contribution in [0, 0.1) is 5.82 Å². The summed E-state index contributed by atoms with van der Waals surface area (Å²) in [6, 6.07) is 9.67. The number of halogens is 2. The fraction of sp³-hybridized carbons (Fsp3) is 0.0625. The van der Waals surface area contributed by atoms with Crippen molar-refractivity contribution in [2.75, 3.05) is 11.9 Å². The first-order valence-electron chi connectivity index (χ1n) is 7.30. The number of carbonyl (C=O) groups is 1. The van der Waals surface area contributed by atoms with E-state index in [4.69, 9.17) is 32.2 Å². The largest absolute Gasteiger partial charge is 0.422 e. The average Bonchev–Trinajstić information content (AvgIpc) is 3.01. The van der Waals surface area contributed by atoms with Gasteiger partial charge in [0.15, 0.2) is 17.3 Å². The number of benzene rings is 2. The summed E-state index contributed by atoms with van der Waals surface area (Å²) in [4.78, 5) is 19.2. The number of nitrogens with two attached hydrogens (primary N) is 2. The Balaban J connectivity index is 1.84. The molecule has 0 aliphatic heterocycles. The number of hydrogen-bond donors (Lipinski definition) is 3. The minimum Gasteiger partial charge on any atom is -0.422 e. The fourth-order valence-electron chi connectivity index (χ4n) is 2.06. The predicted molar refractivity (Wildman–Crippen MR) is 95.0 cm³/mol. The molecule has 0 saturated heterocycles. The SMILES string of the molecule is NC(N)=NCC(=O)Oc1ccc2nc(Nc3ccccc3Cl)oc2c1F. The molecule has 0 bridgehead atoms. The third kappa shape index (κ3) is 3.83. The topological polar surface area (TPSA) is 129 Å². The van der Waals surface area contributed by atoms with E-state index in [-0.39, 0.29) is 28.8 Å². The van der Waals surface area contributed by atoms with Crippen molar-refractivity contribution in [3.8, 4) is 5.75 Å². The molecule has 0 saturated carbocycles. The number of anilines is 2. The first kappa shape index (κ1) is 17.5. The van der Waals surface area contributed by atoms with Crippen LogP contribution in [0.1, 0.15) is 0 Å². The summed E-state index contributed by atoms with van der Waals surface area (Å²) >= 11 is 6.05. The minimum absolute atomic E-state index is 0.0379. The quantitative estimate of drug-likeness (QED) is 0.269. The van der Waals surface area contributed by atoms with Gasteiger partial charge in [-0.15, -0.1) is 0 Å². The van der Waals surface area contributed by atoms with Gasteiger partial charge in [-0.2, -0.15) is 9.37 Å². The molecule has 8 nitrogen and oxygen atoms in total. The molecule has 3 rings (SSSR count). The Bertz CT molecular complexity index is 1000. The summed E-state index contributed by atoms with van der Waals surface area (Å²) in [6.07, 6.45) is 0. The van der Waals surface area contributed by atoms with Crippen LogP contribution in [0.4, 0.5) is 16.1 Å². The highest BCUT2D eigenvalue weighted by Crippen LogP contribution is 2.31. The molecule has 2 aromatic carbocycles. The Hall–Kier alpha value is -3.33. The van der Waals surface area contributed by atoms with Crippen molar-refractivity contribution in [1.29, 1.82) is 0 Å². The summed E-state index contributed by atoms with van der Waals surface area (Å²) in [6.45, 7) is -0.435. The maximum atomic E-state index is 14.5. The number of oxazole rings is 1. The number of para-hydroxylation sites is 1. The molecular weight excluding hydrogens is 365 g/mol. The van der Waals surface area contributed by atoms with Crippen molar-refractivity contribution in [2.45, 2.75) is 0 Å². The first-order chi connectivity index (χ1) is 12.4. The Morgan fingerprint density at radius 1 is 1.31 bits per heavy atom. The monoisotopic (exact) mass is 377 g/mol. The summed E-state index contributed by atoms with van der Waals surface area (Å²) < 4.78 is 24.8. The molecule has 10 heteroatoms. The summed E-state index contributed by atoms with van der Waals surface area (Å²) in [7, 11) is 0. The zero-order chi connectivity index (χ0) is 18.7. The summed E-state index contributed by atoms with van der Waals surface area (Å²) in [5.41, 5.74) is 10.9. The van der Waals surface area contributed by atoms with E-state index in [2.05, 4.69) is 15.3 Å². The molecule has 0 fully saturated rings. The number of nitrogens with one attached hydrogen (secondary N) is 1. The zero-order valence-corrected chi connectivity index (χ0v) is 14.0. The number of fused-ring (bicyclic) bond motifs is 1. The molecule has 0 amide bonds. The first-order valence-corrected chi connectivity index (χ1v) is 7.68. The highest BCUT2D eigenvalue weighted by molar-refractivity contribution is 6.33. The molecule has 0 radical (unpaired) electrons. The molecule has 3 aromatic rings. The van der Waals surface area contributed by atoms with E-state index in [0.29, 0.717) is 10.7 Å². The maximum Gasteiger partial charge on any atom is 0.333 e. The molecule has 0 aliphatic carbocycles. The van der Waals surface area contributed by atoms with E-state index in [1.807, 2.05) is 0 Å². The molecule has 0 spiro atoms. The fourth-order valence-corrected chi connectivity index (χ4v) is 2.25. The number of aromatic nitrogens is 1. The highest BCUT2D eigenvalue weighted by atomic mass is 35.5. The Labute approximate surface area is 151 Å². The van der Waals surface area contributed by atoms with Crippen LogP contribution in [0.25, 0.3) is 11.1 Å². The minimum atomic E-state index is -0.875. The van der Waals surface area contributed by atoms with Crippen molar-refractivity contribution < 1.29 is 18.3 Å². The molecule has 0 unspecified atom stereocenters. The number of hydrogen-bond acceptors (Lipinski definition) is 6. The van der Waals surface area contributed by atoms with Gasteiger partial charge in [0, 0.05) is 0 Å². The number of nitrogens with zero attached hydrogens (tertiary/aromatic N) is 2. The van der Waals surface area contributed by atoms with Crippen LogP contribution >= 0.6 is 11.6 Å². The molecule has 134 valence electrons. The maximum absolute atomic E-state index is 14.5. The van der Waals surface area contributed by atoms with Gasteiger partial charge in [0.1, 0.15) is 12.1 Å². The Kier molecular flexibility index (Phi) is 4.90. The van der Waals surface area contributed by atoms with Crippen molar-refractivity contribution in [1.82, 2.24) is 4.98 Å². The van der Waals surface area contributed by atoms with Gasteiger partial charge in [0.2, 0.25) is 5.82 Å². The van der Waals surface area contributed by atoms with Crippen LogP contribution in [-0.4, -0.2) is 23.5 Å². The number of guanidine groups is 1. The zero-order valence-electron chi connectivity index (χ0n) is 13.2. The van der Waals surface area contributed by atoms with Crippen molar-refractivity contribution in [3.63, 3.8) is 0 Å². The second-order valence-electron chi connectivity index (χ2n) is 5.06. The third-order valence-corrected chi connectivity index (χ3v) is 3.52. The lowest BCUT2D eigenvalue weighted by Gasteiger charge is -2.04. The van der Waals surface area contributed by atoms with Gasteiger partial charge in [-0.05, 0) is 24.3 Å². The molecule has 5 N–H and O–H groups in total. The van der Waals surface area contributed by atoms with Crippen molar-refractivity contribution in [2.24, 2.45) is 16.5 Å². The van der Waals surface area contributed by atoms with Gasteiger partial charge in [-0.25, -0.2) is 9.79 Å². The molecular formula is C16H13ClFN5O3. The third-order valence-electron chi connectivity index (χ3n) is 3.19. The molecule has 1 aromatic heterocycles. The van der Waals surface area contributed by atoms with Gasteiger partial charge in [-0.3, -0.25) is 0 Å². The van der Waals surface area contributed by atoms with Crippen molar-refractivity contribution >= 4 is 46.3 Å². The van der Waals surface area contributed by atoms with E-state index in [1.54, 1.807) is 24.3 Å². The Morgan fingerprint density at radius 3 is 2.81 bits per heavy atom. The Morgan fingerprint density at radius 2 is 2.08 bits per heavy atom. The molecule has 1 heterocycles. The lowest BCUT2D eigenvalue weighted by Crippen LogP contribution is -2.25. The van der Waals surface area contributed by atoms with Crippen LogP contribution in [-0.2, 0) is 4.79 Å². The van der Waals surface area contributed by atoms with Gasteiger partial charge in [0.05, 0.1) is 10.7 Å².